The number of esters is 1. The van der Waals surface area contributed by atoms with E-state index in [1.165, 1.54) is 12.1 Å². The first kappa shape index (κ1) is 14.6. The highest BCUT2D eigenvalue weighted by Crippen LogP contribution is 2.54. The zero-order valence-corrected chi connectivity index (χ0v) is 13.0. The van der Waals surface area contributed by atoms with Crippen LogP contribution in [0.25, 0.3) is 0 Å². The van der Waals surface area contributed by atoms with E-state index in [1.54, 1.807) is 13.0 Å². The Morgan fingerprint density at radius 3 is 3.13 bits per heavy atom. The van der Waals surface area contributed by atoms with Crippen LogP contribution in [0.3, 0.4) is 0 Å². The van der Waals surface area contributed by atoms with Crippen molar-refractivity contribution in [2.24, 2.45) is 5.92 Å². The van der Waals surface area contributed by atoms with Crippen molar-refractivity contribution < 1.29 is 18.7 Å². The minimum Gasteiger partial charge on any atom is -0.466 e. The molecule has 1 spiro atoms. The number of nitrogens with one attached hydrogen (secondary N) is 1. The molecule has 1 amide bonds. The van der Waals surface area contributed by atoms with Gasteiger partial charge in [0.15, 0.2) is 0 Å². The second-order valence-electron chi connectivity index (χ2n) is 6.47. The maximum atomic E-state index is 13.8. The number of hydrogen-bond acceptors (Lipinski definition) is 4. The quantitative estimate of drug-likeness (QED) is 0.848. The monoisotopic (exact) mass is 318 g/mol. The standard InChI is InChI=1S/C17H19FN2O3/c1-2-23-15(21)11-9-17(20-7-3-4-14(11)20)12-8-10(18)5-6-13(12)19-16(17)22/h5-6,8,11,14H,2-4,7,9H2,1H3,(H,19,22). The zero-order chi connectivity index (χ0) is 16.2. The van der Waals surface area contributed by atoms with Gasteiger partial charge in [0.1, 0.15) is 11.4 Å². The molecule has 3 aliphatic rings. The lowest BCUT2D eigenvalue weighted by Gasteiger charge is -2.32. The Morgan fingerprint density at radius 2 is 2.35 bits per heavy atom. The first-order chi connectivity index (χ1) is 11.1. The summed E-state index contributed by atoms with van der Waals surface area (Å²) in [4.78, 5) is 27.3. The Kier molecular flexibility index (Phi) is 3.20. The van der Waals surface area contributed by atoms with E-state index in [9.17, 15) is 14.0 Å². The fourth-order valence-electron chi connectivity index (χ4n) is 4.55. The number of nitrogens with zero attached hydrogens (tertiary/aromatic N) is 1. The number of carbonyl (C=O) groups excluding carboxylic acids is 2. The number of rotatable bonds is 2. The zero-order valence-electron chi connectivity index (χ0n) is 13.0. The van der Waals surface area contributed by atoms with Crippen molar-refractivity contribution in [3.05, 3.63) is 29.6 Å². The van der Waals surface area contributed by atoms with Crippen molar-refractivity contribution in [1.82, 2.24) is 4.90 Å². The molecule has 0 aliphatic carbocycles. The summed E-state index contributed by atoms with van der Waals surface area (Å²) in [6, 6.07) is 4.36. The maximum absolute atomic E-state index is 13.8. The van der Waals surface area contributed by atoms with E-state index >= 15 is 0 Å². The minimum absolute atomic E-state index is 0.00554. The molecule has 0 bridgehead atoms. The van der Waals surface area contributed by atoms with Gasteiger partial charge in [-0.25, -0.2) is 4.39 Å². The van der Waals surface area contributed by atoms with Crippen molar-refractivity contribution in [3.63, 3.8) is 0 Å². The number of amides is 1. The van der Waals surface area contributed by atoms with Crippen LogP contribution in [0.4, 0.5) is 10.1 Å². The molecule has 4 rings (SSSR count). The first-order valence-corrected chi connectivity index (χ1v) is 8.13. The summed E-state index contributed by atoms with van der Waals surface area (Å²) >= 11 is 0. The van der Waals surface area contributed by atoms with Gasteiger partial charge in [0, 0.05) is 17.3 Å². The largest absolute Gasteiger partial charge is 0.466 e. The van der Waals surface area contributed by atoms with E-state index < -0.39 is 5.54 Å². The van der Waals surface area contributed by atoms with Crippen molar-refractivity contribution in [2.75, 3.05) is 18.5 Å². The Hall–Kier alpha value is -1.95. The summed E-state index contributed by atoms with van der Waals surface area (Å²) in [5.41, 5.74) is 0.364. The lowest BCUT2D eigenvalue weighted by molar-refractivity contribution is -0.148. The van der Waals surface area contributed by atoms with Gasteiger partial charge >= 0.3 is 5.97 Å². The van der Waals surface area contributed by atoms with Crippen LogP contribution in [-0.4, -0.2) is 36.0 Å². The van der Waals surface area contributed by atoms with E-state index in [0.29, 0.717) is 24.3 Å². The summed E-state index contributed by atoms with van der Waals surface area (Å²) in [5, 5.41) is 2.86. The number of anilines is 1. The molecule has 122 valence electrons. The second kappa shape index (κ2) is 5.03. The molecule has 0 saturated carbocycles. The van der Waals surface area contributed by atoms with Gasteiger partial charge in [-0.15, -0.1) is 0 Å². The van der Waals surface area contributed by atoms with Gasteiger partial charge in [-0.2, -0.15) is 0 Å². The van der Waals surface area contributed by atoms with Crippen molar-refractivity contribution in [1.29, 1.82) is 0 Å². The van der Waals surface area contributed by atoms with E-state index in [-0.39, 0.29) is 29.7 Å². The molecule has 0 radical (unpaired) electrons. The third kappa shape index (κ3) is 1.87. The van der Waals surface area contributed by atoms with Gasteiger partial charge in [0.05, 0.1) is 12.5 Å². The molecule has 1 aromatic rings. The van der Waals surface area contributed by atoms with E-state index in [2.05, 4.69) is 10.2 Å². The van der Waals surface area contributed by atoms with Gasteiger partial charge in [-0.1, -0.05) is 0 Å². The number of carbonyl (C=O) groups is 2. The number of hydrogen-bond donors (Lipinski definition) is 1. The molecule has 2 saturated heterocycles. The van der Waals surface area contributed by atoms with Crippen LogP contribution in [0, 0.1) is 11.7 Å². The number of fused-ring (bicyclic) bond motifs is 4. The number of halogens is 1. The minimum atomic E-state index is -0.934. The molecular weight excluding hydrogens is 299 g/mol. The summed E-state index contributed by atoms with van der Waals surface area (Å²) in [6.45, 7) is 2.85. The lowest BCUT2D eigenvalue weighted by Crippen LogP contribution is -2.47. The van der Waals surface area contributed by atoms with Gasteiger partial charge in [-0.05, 0) is 50.9 Å². The Balaban J connectivity index is 1.81. The summed E-state index contributed by atoms with van der Waals surface area (Å²) in [6.07, 6.45) is 2.15. The number of ether oxygens (including phenoxy) is 1. The molecule has 1 aromatic carbocycles. The van der Waals surface area contributed by atoms with Crippen LogP contribution in [0.5, 0.6) is 0 Å². The molecular formula is C17H19FN2O3. The van der Waals surface area contributed by atoms with Crippen LogP contribution in [0.2, 0.25) is 0 Å². The second-order valence-corrected chi connectivity index (χ2v) is 6.47. The third-order valence-corrected chi connectivity index (χ3v) is 5.41. The SMILES string of the molecule is CCOC(=O)C1CC2(C(=O)Nc3ccc(F)cc32)N2CCCC12. The molecule has 3 unspecified atom stereocenters. The van der Waals surface area contributed by atoms with Gasteiger partial charge in [-0.3, -0.25) is 14.5 Å². The van der Waals surface area contributed by atoms with E-state index in [1.807, 2.05) is 0 Å². The normalized spacial score (nSPS) is 32.0. The van der Waals surface area contributed by atoms with Gasteiger partial charge < -0.3 is 10.1 Å². The molecule has 3 heterocycles. The predicted molar refractivity (Wildman–Crippen MR) is 81.2 cm³/mol. The average molecular weight is 318 g/mol. The highest BCUT2D eigenvalue weighted by atomic mass is 19.1. The van der Waals surface area contributed by atoms with Gasteiger partial charge in [0.2, 0.25) is 5.91 Å². The van der Waals surface area contributed by atoms with E-state index in [4.69, 9.17) is 4.74 Å². The third-order valence-electron chi connectivity index (χ3n) is 5.41. The maximum Gasteiger partial charge on any atom is 0.310 e. The highest BCUT2D eigenvalue weighted by molar-refractivity contribution is 6.06. The first-order valence-electron chi connectivity index (χ1n) is 8.13. The van der Waals surface area contributed by atoms with E-state index in [0.717, 1.165) is 19.4 Å². The smallest absolute Gasteiger partial charge is 0.310 e. The number of benzene rings is 1. The fourth-order valence-corrected chi connectivity index (χ4v) is 4.55. The molecule has 23 heavy (non-hydrogen) atoms. The molecule has 5 nitrogen and oxygen atoms in total. The fraction of sp³-hybridized carbons (Fsp3) is 0.529. The highest BCUT2D eigenvalue weighted by Gasteiger charge is 2.63. The Morgan fingerprint density at radius 1 is 1.52 bits per heavy atom. The van der Waals surface area contributed by atoms with Crippen LogP contribution in [0.15, 0.2) is 18.2 Å². The van der Waals surface area contributed by atoms with Crippen LogP contribution in [0.1, 0.15) is 31.7 Å². The van der Waals surface area contributed by atoms with Crippen LogP contribution < -0.4 is 5.32 Å². The van der Waals surface area contributed by atoms with Crippen molar-refractivity contribution in [3.8, 4) is 0 Å². The van der Waals surface area contributed by atoms with Gasteiger partial charge in [0.25, 0.3) is 0 Å². The molecule has 2 fully saturated rings. The van der Waals surface area contributed by atoms with Crippen LogP contribution >= 0.6 is 0 Å². The Bertz CT molecular complexity index is 692. The molecule has 1 N–H and O–H groups in total. The summed E-state index contributed by atoms with van der Waals surface area (Å²) in [5.74, 6) is -1.11. The summed E-state index contributed by atoms with van der Waals surface area (Å²) < 4.78 is 19.0. The molecule has 3 atom stereocenters. The van der Waals surface area contributed by atoms with Crippen molar-refractivity contribution in [2.45, 2.75) is 37.8 Å². The van der Waals surface area contributed by atoms with Crippen LogP contribution in [-0.2, 0) is 19.9 Å². The predicted octanol–water partition coefficient (Wildman–Crippen LogP) is 2.02. The summed E-state index contributed by atoms with van der Waals surface area (Å²) in [7, 11) is 0. The molecule has 6 heteroatoms. The molecule has 3 aliphatic heterocycles. The topological polar surface area (TPSA) is 58.6 Å². The molecule has 0 aromatic heterocycles. The van der Waals surface area contributed by atoms with Crippen molar-refractivity contribution >= 4 is 17.6 Å². The average Bonchev–Trinajstić information content (AvgIpc) is 3.16. The Labute approximate surface area is 133 Å². The lowest BCUT2D eigenvalue weighted by atomic mass is 9.84.